The molecule has 0 unspecified atom stereocenters. The van der Waals surface area contributed by atoms with Gasteiger partial charge in [-0.2, -0.15) is 5.26 Å². The standard InChI is InChI=1S/C19H24N2O2/c1-18(2,3)23-17(22)21-13-19(10-5-4-6-11-19)15-9-7-8-14(12-20)16(15)21/h7-9H,4-6,10-11,13H2,1-3H3. The van der Waals surface area contributed by atoms with Crippen LogP contribution < -0.4 is 4.90 Å². The Kier molecular flexibility index (Phi) is 3.83. The maximum absolute atomic E-state index is 12.7. The second kappa shape index (κ2) is 5.56. The molecule has 0 atom stereocenters. The van der Waals surface area contributed by atoms with E-state index in [0.717, 1.165) is 24.1 Å². The lowest BCUT2D eigenvalue weighted by atomic mass is 9.70. The van der Waals surface area contributed by atoms with E-state index in [4.69, 9.17) is 4.74 Å². The number of ether oxygens (including phenoxy) is 1. The molecule has 1 aliphatic heterocycles. The van der Waals surface area contributed by atoms with Crippen LogP contribution in [0, 0.1) is 11.3 Å². The predicted octanol–water partition coefficient (Wildman–Crippen LogP) is 4.52. The number of carbonyl (C=O) groups is 1. The lowest BCUT2D eigenvalue weighted by Crippen LogP contribution is -2.41. The van der Waals surface area contributed by atoms with Gasteiger partial charge in [0.05, 0.1) is 11.3 Å². The number of rotatable bonds is 0. The molecule has 23 heavy (non-hydrogen) atoms. The highest BCUT2D eigenvalue weighted by molar-refractivity contribution is 5.93. The molecule has 0 bridgehead atoms. The van der Waals surface area contributed by atoms with Gasteiger partial charge in [-0.1, -0.05) is 31.4 Å². The highest BCUT2D eigenvalue weighted by Crippen LogP contribution is 2.50. The molecule has 122 valence electrons. The van der Waals surface area contributed by atoms with Crippen molar-refractivity contribution < 1.29 is 9.53 Å². The molecule has 4 heteroatoms. The van der Waals surface area contributed by atoms with Gasteiger partial charge in [0.25, 0.3) is 0 Å². The van der Waals surface area contributed by atoms with Crippen LogP contribution in [0.4, 0.5) is 10.5 Å². The number of para-hydroxylation sites is 1. The van der Waals surface area contributed by atoms with Crippen molar-refractivity contribution in [3.05, 3.63) is 29.3 Å². The van der Waals surface area contributed by atoms with E-state index in [-0.39, 0.29) is 11.5 Å². The highest BCUT2D eigenvalue weighted by atomic mass is 16.6. The molecule has 4 nitrogen and oxygen atoms in total. The van der Waals surface area contributed by atoms with Crippen LogP contribution in [-0.4, -0.2) is 18.2 Å². The third-order valence-corrected chi connectivity index (χ3v) is 4.88. The minimum Gasteiger partial charge on any atom is -0.443 e. The van der Waals surface area contributed by atoms with Crippen LogP contribution in [0.2, 0.25) is 0 Å². The van der Waals surface area contributed by atoms with Gasteiger partial charge in [-0.15, -0.1) is 0 Å². The van der Waals surface area contributed by atoms with Gasteiger partial charge < -0.3 is 4.74 Å². The molecule has 3 rings (SSSR count). The maximum Gasteiger partial charge on any atom is 0.414 e. The third kappa shape index (κ3) is 2.81. The first kappa shape index (κ1) is 15.9. The topological polar surface area (TPSA) is 53.3 Å². The summed E-state index contributed by atoms with van der Waals surface area (Å²) >= 11 is 0. The first-order valence-corrected chi connectivity index (χ1v) is 8.40. The fraction of sp³-hybridized carbons (Fsp3) is 0.579. The van der Waals surface area contributed by atoms with Gasteiger partial charge in [0.2, 0.25) is 0 Å². The number of anilines is 1. The molecule has 0 radical (unpaired) electrons. The molecular weight excluding hydrogens is 288 g/mol. The van der Waals surface area contributed by atoms with Crippen LogP contribution in [0.5, 0.6) is 0 Å². The average molecular weight is 312 g/mol. The molecule has 1 amide bonds. The Bertz CT molecular complexity index is 661. The van der Waals surface area contributed by atoms with E-state index >= 15 is 0 Å². The van der Waals surface area contributed by atoms with Crippen LogP contribution in [0.3, 0.4) is 0 Å². The Hall–Kier alpha value is -2.02. The van der Waals surface area contributed by atoms with E-state index < -0.39 is 5.60 Å². The zero-order chi connectivity index (χ0) is 16.7. The third-order valence-electron chi connectivity index (χ3n) is 4.88. The average Bonchev–Trinajstić information content (AvgIpc) is 2.81. The monoisotopic (exact) mass is 312 g/mol. The number of hydrogen-bond acceptors (Lipinski definition) is 3. The van der Waals surface area contributed by atoms with Gasteiger partial charge in [0.1, 0.15) is 11.7 Å². The Morgan fingerprint density at radius 1 is 1.26 bits per heavy atom. The van der Waals surface area contributed by atoms with E-state index in [1.165, 1.54) is 19.3 Å². The van der Waals surface area contributed by atoms with E-state index in [9.17, 15) is 10.1 Å². The molecule has 1 aromatic rings. The number of amides is 1. The van der Waals surface area contributed by atoms with Crippen LogP contribution in [-0.2, 0) is 10.2 Å². The lowest BCUT2D eigenvalue weighted by Gasteiger charge is -2.34. The van der Waals surface area contributed by atoms with Crippen molar-refractivity contribution in [3.8, 4) is 6.07 Å². The molecule has 0 aromatic heterocycles. The van der Waals surface area contributed by atoms with Gasteiger partial charge in [0.15, 0.2) is 0 Å². The van der Waals surface area contributed by atoms with Crippen LogP contribution in [0.15, 0.2) is 18.2 Å². The van der Waals surface area contributed by atoms with Crippen molar-refractivity contribution in [1.29, 1.82) is 5.26 Å². The van der Waals surface area contributed by atoms with Crippen LogP contribution >= 0.6 is 0 Å². The first-order valence-electron chi connectivity index (χ1n) is 8.40. The van der Waals surface area contributed by atoms with Gasteiger partial charge in [-0.3, -0.25) is 4.90 Å². The molecule has 0 N–H and O–H groups in total. The van der Waals surface area contributed by atoms with E-state index in [1.54, 1.807) is 11.0 Å². The second-order valence-electron chi connectivity index (χ2n) is 7.72. The van der Waals surface area contributed by atoms with Crippen molar-refractivity contribution >= 4 is 11.8 Å². The lowest BCUT2D eigenvalue weighted by molar-refractivity contribution is 0.0575. The number of hydrogen-bond donors (Lipinski definition) is 0. The molecule has 0 saturated heterocycles. The normalized spacial score (nSPS) is 19.3. The molecule has 1 spiro atoms. The summed E-state index contributed by atoms with van der Waals surface area (Å²) in [6.45, 7) is 6.24. The van der Waals surface area contributed by atoms with Gasteiger partial charge >= 0.3 is 6.09 Å². The maximum atomic E-state index is 12.7. The van der Waals surface area contributed by atoms with E-state index in [1.807, 2.05) is 26.8 Å². The van der Waals surface area contributed by atoms with E-state index in [2.05, 4.69) is 12.1 Å². The number of nitriles is 1. The van der Waals surface area contributed by atoms with Crippen LogP contribution in [0.1, 0.15) is 64.0 Å². The van der Waals surface area contributed by atoms with Crippen molar-refractivity contribution in [2.75, 3.05) is 11.4 Å². The Labute approximate surface area is 138 Å². The summed E-state index contributed by atoms with van der Waals surface area (Å²) in [5, 5.41) is 9.49. The fourth-order valence-corrected chi connectivity index (χ4v) is 3.95. The Morgan fingerprint density at radius 2 is 1.96 bits per heavy atom. The zero-order valence-corrected chi connectivity index (χ0v) is 14.2. The molecule has 1 saturated carbocycles. The summed E-state index contributed by atoms with van der Waals surface area (Å²) in [5.41, 5.74) is 1.95. The molecule has 1 aromatic carbocycles. The van der Waals surface area contributed by atoms with E-state index in [0.29, 0.717) is 12.1 Å². The van der Waals surface area contributed by atoms with Gasteiger partial charge in [-0.25, -0.2) is 4.79 Å². The first-order chi connectivity index (χ1) is 10.9. The summed E-state index contributed by atoms with van der Waals surface area (Å²) in [4.78, 5) is 14.4. The second-order valence-corrected chi connectivity index (χ2v) is 7.72. The van der Waals surface area contributed by atoms with Gasteiger partial charge in [0, 0.05) is 12.0 Å². The van der Waals surface area contributed by atoms with Crippen molar-refractivity contribution in [3.63, 3.8) is 0 Å². The minimum absolute atomic E-state index is 0.00263. The Balaban J connectivity index is 2.05. The van der Waals surface area contributed by atoms with Crippen molar-refractivity contribution in [2.24, 2.45) is 0 Å². The minimum atomic E-state index is -0.541. The summed E-state index contributed by atoms with van der Waals surface area (Å²) in [7, 11) is 0. The number of fused-ring (bicyclic) bond motifs is 2. The molecule has 1 fully saturated rings. The zero-order valence-electron chi connectivity index (χ0n) is 14.2. The highest BCUT2D eigenvalue weighted by Gasteiger charge is 2.47. The summed E-state index contributed by atoms with van der Waals surface area (Å²) in [6, 6.07) is 8.06. The molecule has 2 aliphatic rings. The summed E-state index contributed by atoms with van der Waals surface area (Å²) in [6.07, 6.45) is 5.42. The van der Waals surface area contributed by atoms with Crippen molar-refractivity contribution in [1.82, 2.24) is 0 Å². The van der Waals surface area contributed by atoms with Crippen molar-refractivity contribution in [2.45, 2.75) is 63.9 Å². The quantitative estimate of drug-likeness (QED) is 0.708. The molecular formula is C19H24N2O2. The largest absolute Gasteiger partial charge is 0.443 e. The number of carbonyl (C=O) groups excluding carboxylic acids is 1. The van der Waals surface area contributed by atoms with Gasteiger partial charge in [-0.05, 0) is 45.2 Å². The Morgan fingerprint density at radius 3 is 2.57 bits per heavy atom. The molecule has 1 aliphatic carbocycles. The predicted molar refractivity (Wildman–Crippen MR) is 89.5 cm³/mol. The smallest absolute Gasteiger partial charge is 0.414 e. The number of benzene rings is 1. The fourth-order valence-electron chi connectivity index (χ4n) is 3.95. The summed E-state index contributed by atoms with van der Waals surface area (Å²) in [5.74, 6) is 0. The molecule has 1 heterocycles. The number of nitrogens with zero attached hydrogens (tertiary/aromatic N) is 2. The summed E-state index contributed by atoms with van der Waals surface area (Å²) < 4.78 is 5.59. The SMILES string of the molecule is CC(C)(C)OC(=O)N1CC2(CCCCC2)c2cccc(C#N)c21. The van der Waals surface area contributed by atoms with Crippen LogP contribution in [0.25, 0.3) is 0 Å².